The molecule has 0 amide bonds. The number of nitrogens with zero attached hydrogens (tertiary/aromatic N) is 6. The number of non-ortho nitro benzene ring substituents is 1. The van der Waals surface area contributed by atoms with E-state index in [0.717, 1.165) is 17.3 Å². The lowest BCUT2D eigenvalue weighted by Gasteiger charge is -2.07. The lowest BCUT2D eigenvalue weighted by Crippen LogP contribution is -2.11. The second kappa shape index (κ2) is 5.16. The maximum atomic E-state index is 11.0. The minimum absolute atomic E-state index is 0.518. The van der Waals surface area contributed by atoms with Crippen molar-refractivity contribution in [2.24, 2.45) is 0 Å². The number of hydrogen-bond donors (Lipinski definition) is 1. The molecule has 0 bridgehead atoms. The van der Waals surface area contributed by atoms with Crippen LogP contribution in [0.4, 0.5) is 22.7 Å². The molecule has 0 atom stereocenters. The Morgan fingerprint density at radius 1 is 0.905 bits per heavy atom. The molecule has 108 valence electrons. The SMILES string of the molecule is O=[N+]([O-])c1cc([N+](=O)[O-])c(Nn2cnnc2)c([N+](=O)[O-])c1. The Bertz CT molecular complexity index is 692. The molecule has 0 aliphatic rings. The van der Waals surface area contributed by atoms with Crippen LogP contribution in [-0.4, -0.2) is 29.6 Å². The predicted octanol–water partition coefficient (Wildman–Crippen LogP) is 0.878. The second-order valence-electron chi connectivity index (χ2n) is 3.61. The number of anilines is 1. The van der Waals surface area contributed by atoms with Crippen molar-refractivity contribution in [1.29, 1.82) is 0 Å². The Morgan fingerprint density at radius 3 is 1.76 bits per heavy atom. The summed E-state index contributed by atoms with van der Waals surface area (Å²) in [4.78, 5) is 29.8. The molecule has 2 aromatic rings. The number of nitro groups is 3. The lowest BCUT2D eigenvalue weighted by molar-refractivity contribution is -0.401. The van der Waals surface area contributed by atoms with E-state index in [1.165, 1.54) is 0 Å². The number of rotatable bonds is 5. The van der Waals surface area contributed by atoms with Crippen molar-refractivity contribution in [3.05, 3.63) is 55.1 Å². The molecule has 0 spiro atoms. The van der Waals surface area contributed by atoms with E-state index < -0.39 is 37.5 Å². The molecular weight excluding hydrogens is 290 g/mol. The fourth-order valence-electron chi connectivity index (χ4n) is 1.49. The Hall–Kier alpha value is -3.64. The van der Waals surface area contributed by atoms with Crippen molar-refractivity contribution >= 4 is 22.7 Å². The van der Waals surface area contributed by atoms with Crippen LogP contribution in [0.2, 0.25) is 0 Å². The summed E-state index contributed by atoms with van der Waals surface area (Å²) in [7, 11) is 0. The van der Waals surface area contributed by atoms with E-state index in [1.54, 1.807) is 0 Å². The zero-order valence-corrected chi connectivity index (χ0v) is 9.94. The van der Waals surface area contributed by atoms with Gasteiger partial charge in [0.25, 0.3) is 5.69 Å². The third-order valence-corrected chi connectivity index (χ3v) is 2.35. The van der Waals surface area contributed by atoms with Crippen LogP contribution in [0.3, 0.4) is 0 Å². The van der Waals surface area contributed by atoms with Crippen molar-refractivity contribution in [2.75, 3.05) is 5.43 Å². The Kier molecular flexibility index (Phi) is 3.38. The largest absolute Gasteiger partial charge is 0.308 e. The summed E-state index contributed by atoms with van der Waals surface area (Å²) < 4.78 is 1.03. The molecule has 0 fully saturated rings. The van der Waals surface area contributed by atoms with Crippen LogP contribution >= 0.6 is 0 Å². The smallest absolute Gasteiger partial charge is 0.280 e. The summed E-state index contributed by atoms with van der Waals surface area (Å²) >= 11 is 0. The topological polar surface area (TPSA) is 172 Å². The van der Waals surface area contributed by atoms with Crippen molar-refractivity contribution in [3.8, 4) is 0 Å². The summed E-state index contributed by atoms with van der Waals surface area (Å²) in [6, 6.07) is 1.25. The van der Waals surface area contributed by atoms with Gasteiger partial charge in [0.15, 0.2) is 0 Å². The molecule has 1 aromatic carbocycles. The van der Waals surface area contributed by atoms with Crippen molar-refractivity contribution in [2.45, 2.75) is 0 Å². The molecule has 0 unspecified atom stereocenters. The lowest BCUT2D eigenvalue weighted by atomic mass is 10.2. The highest BCUT2D eigenvalue weighted by molar-refractivity contribution is 5.76. The molecule has 0 saturated heterocycles. The maximum absolute atomic E-state index is 11.0. The summed E-state index contributed by atoms with van der Waals surface area (Å²) in [5.74, 6) is 0. The number of aromatic nitrogens is 3. The first-order chi connectivity index (χ1) is 9.90. The van der Waals surface area contributed by atoms with Crippen molar-refractivity contribution in [1.82, 2.24) is 14.9 Å². The van der Waals surface area contributed by atoms with Crippen molar-refractivity contribution in [3.63, 3.8) is 0 Å². The first-order valence-electron chi connectivity index (χ1n) is 5.13. The highest BCUT2D eigenvalue weighted by Crippen LogP contribution is 2.38. The maximum Gasteiger partial charge on any atom is 0.308 e. The van der Waals surface area contributed by atoms with Crippen LogP contribution < -0.4 is 5.43 Å². The molecule has 21 heavy (non-hydrogen) atoms. The number of nitro benzene ring substituents is 3. The minimum Gasteiger partial charge on any atom is -0.280 e. The fourth-order valence-corrected chi connectivity index (χ4v) is 1.49. The van der Waals surface area contributed by atoms with Gasteiger partial charge in [0.1, 0.15) is 12.7 Å². The van der Waals surface area contributed by atoms with Gasteiger partial charge in [0.05, 0.1) is 26.9 Å². The van der Waals surface area contributed by atoms with Gasteiger partial charge < -0.3 is 0 Å². The normalized spacial score (nSPS) is 10.1. The van der Waals surface area contributed by atoms with Gasteiger partial charge in [-0.3, -0.25) is 35.8 Å². The highest BCUT2D eigenvalue weighted by Gasteiger charge is 2.30. The average molecular weight is 295 g/mol. The molecular formula is C8H5N7O6. The summed E-state index contributed by atoms with van der Waals surface area (Å²) in [5, 5.41) is 39.5. The minimum atomic E-state index is -0.966. The number of benzene rings is 1. The fraction of sp³-hybridized carbons (Fsp3) is 0. The summed E-state index contributed by atoms with van der Waals surface area (Å²) in [6.45, 7) is 0. The third kappa shape index (κ3) is 2.70. The van der Waals surface area contributed by atoms with Crippen molar-refractivity contribution < 1.29 is 14.8 Å². The zero-order valence-electron chi connectivity index (χ0n) is 9.94. The Balaban J connectivity index is 2.66. The van der Waals surface area contributed by atoms with Gasteiger partial charge in [-0.25, -0.2) is 4.68 Å². The van der Waals surface area contributed by atoms with E-state index in [4.69, 9.17) is 0 Å². The quantitative estimate of drug-likeness (QED) is 0.620. The average Bonchev–Trinajstić information content (AvgIpc) is 2.90. The van der Waals surface area contributed by atoms with Crippen LogP contribution in [0, 0.1) is 30.3 Å². The molecule has 13 nitrogen and oxygen atoms in total. The molecule has 0 aliphatic heterocycles. The molecule has 1 N–H and O–H groups in total. The van der Waals surface area contributed by atoms with Crippen LogP contribution in [0.15, 0.2) is 24.8 Å². The van der Waals surface area contributed by atoms with Gasteiger partial charge in [0.2, 0.25) is 5.69 Å². The first-order valence-corrected chi connectivity index (χ1v) is 5.13. The summed E-state index contributed by atoms with van der Waals surface area (Å²) in [5.41, 5.74) is -0.574. The van der Waals surface area contributed by atoms with E-state index >= 15 is 0 Å². The van der Waals surface area contributed by atoms with Gasteiger partial charge in [0, 0.05) is 0 Å². The number of hydrogen-bond acceptors (Lipinski definition) is 9. The van der Waals surface area contributed by atoms with Crippen LogP contribution in [0.1, 0.15) is 0 Å². The van der Waals surface area contributed by atoms with Gasteiger partial charge in [-0.05, 0) is 0 Å². The summed E-state index contributed by atoms with van der Waals surface area (Å²) in [6.07, 6.45) is 2.21. The standard InChI is InChI=1S/C8H5N7O6/c16-13(17)5-1-6(14(18)19)8(7(2-5)15(20)21)11-12-3-9-10-4-12/h1-4,11H. The van der Waals surface area contributed by atoms with Crippen LogP contribution in [-0.2, 0) is 0 Å². The predicted molar refractivity (Wildman–Crippen MR) is 65.4 cm³/mol. The van der Waals surface area contributed by atoms with Gasteiger partial charge >= 0.3 is 11.4 Å². The third-order valence-electron chi connectivity index (χ3n) is 2.35. The first kappa shape index (κ1) is 13.8. The number of nitrogens with one attached hydrogen (secondary N) is 1. The molecule has 13 heteroatoms. The zero-order chi connectivity index (χ0) is 15.6. The second-order valence-corrected chi connectivity index (χ2v) is 3.61. The van der Waals surface area contributed by atoms with E-state index in [-0.39, 0.29) is 0 Å². The Morgan fingerprint density at radius 2 is 1.38 bits per heavy atom. The van der Waals surface area contributed by atoms with E-state index in [2.05, 4.69) is 15.6 Å². The highest BCUT2D eigenvalue weighted by atomic mass is 16.6. The molecule has 0 saturated carbocycles. The molecule has 0 radical (unpaired) electrons. The monoisotopic (exact) mass is 295 g/mol. The molecule has 1 heterocycles. The van der Waals surface area contributed by atoms with Crippen LogP contribution in [0.5, 0.6) is 0 Å². The Labute approximate surface area is 114 Å². The molecule has 2 rings (SSSR count). The molecule has 1 aromatic heterocycles. The van der Waals surface area contributed by atoms with Gasteiger partial charge in [-0.15, -0.1) is 10.2 Å². The molecule has 0 aliphatic carbocycles. The van der Waals surface area contributed by atoms with Gasteiger partial charge in [-0.2, -0.15) is 0 Å². The van der Waals surface area contributed by atoms with E-state index in [1.807, 2.05) is 0 Å². The van der Waals surface area contributed by atoms with Gasteiger partial charge in [-0.1, -0.05) is 0 Å². The van der Waals surface area contributed by atoms with E-state index in [9.17, 15) is 30.3 Å². The van der Waals surface area contributed by atoms with Crippen LogP contribution in [0.25, 0.3) is 0 Å². The van der Waals surface area contributed by atoms with E-state index in [0.29, 0.717) is 12.1 Å².